The zero-order chi connectivity index (χ0) is 20.1. The Labute approximate surface area is 166 Å². The average molecular weight is 380 g/mol. The smallest absolute Gasteiger partial charge is 0.238 e. The van der Waals surface area contributed by atoms with Crippen molar-refractivity contribution in [3.63, 3.8) is 0 Å². The van der Waals surface area contributed by atoms with Crippen molar-refractivity contribution in [1.29, 1.82) is 0 Å². The number of pyridine rings is 1. The maximum atomic E-state index is 12.5. The van der Waals surface area contributed by atoms with Gasteiger partial charge in [0.25, 0.3) is 0 Å². The van der Waals surface area contributed by atoms with Crippen LogP contribution < -0.4 is 10.6 Å². The molecule has 1 aliphatic heterocycles. The fourth-order valence-corrected chi connectivity index (χ4v) is 3.64. The Morgan fingerprint density at radius 1 is 1.00 bits per heavy atom. The van der Waals surface area contributed by atoms with Gasteiger partial charge in [-0.05, 0) is 87.7 Å². The minimum absolute atomic E-state index is 0.0115. The number of anilines is 2. The van der Waals surface area contributed by atoms with Gasteiger partial charge in [0.2, 0.25) is 11.8 Å². The molecule has 2 aromatic rings. The van der Waals surface area contributed by atoms with Crippen LogP contribution in [0.3, 0.4) is 0 Å². The molecule has 148 valence electrons. The molecule has 0 unspecified atom stereocenters. The minimum atomic E-state index is -0.0407. The van der Waals surface area contributed by atoms with Gasteiger partial charge in [0, 0.05) is 17.8 Å². The molecule has 0 bridgehead atoms. The number of aryl methyl sites for hydroxylation is 3. The molecule has 2 amide bonds. The molecule has 6 heteroatoms. The second-order valence-corrected chi connectivity index (χ2v) is 7.68. The minimum Gasteiger partial charge on any atom is -0.325 e. The van der Waals surface area contributed by atoms with Gasteiger partial charge in [-0.1, -0.05) is 6.07 Å². The van der Waals surface area contributed by atoms with Gasteiger partial charge < -0.3 is 10.6 Å². The molecule has 0 aliphatic carbocycles. The summed E-state index contributed by atoms with van der Waals surface area (Å²) in [5.41, 5.74) is 4.16. The van der Waals surface area contributed by atoms with Gasteiger partial charge in [-0.25, -0.2) is 4.98 Å². The monoisotopic (exact) mass is 380 g/mol. The molecule has 2 heterocycles. The van der Waals surface area contributed by atoms with Crippen molar-refractivity contribution in [2.24, 2.45) is 5.92 Å². The molecule has 1 aromatic heterocycles. The summed E-state index contributed by atoms with van der Waals surface area (Å²) in [6, 6.07) is 9.79. The zero-order valence-electron chi connectivity index (χ0n) is 16.8. The van der Waals surface area contributed by atoms with E-state index in [4.69, 9.17) is 0 Å². The first-order valence-corrected chi connectivity index (χ1v) is 9.73. The largest absolute Gasteiger partial charge is 0.325 e. The van der Waals surface area contributed by atoms with E-state index in [0.29, 0.717) is 12.4 Å². The van der Waals surface area contributed by atoms with E-state index in [2.05, 4.69) is 26.6 Å². The number of piperidine rings is 1. The van der Waals surface area contributed by atoms with Gasteiger partial charge in [-0.3, -0.25) is 14.5 Å². The van der Waals surface area contributed by atoms with Crippen LogP contribution in [-0.2, 0) is 9.59 Å². The predicted octanol–water partition coefficient (Wildman–Crippen LogP) is 3.30. The lowest BCUT2D eigenvalue weighted by Crippen LogP contribution is -2.41. The Balaban J connectivity index is 1.45. The SMILES string of the molecule is Cc1cc(C)cc(NC(=O)CN2CCC(C(=O)Nc3cc(C)ccn3)CC2)c1. The molecule has 1 fully saturated rings. The fraction of sp³-hybridized carbons (Fsp3) is 0.409. The molecule has 1 saturated heterocycles. The van der Waals surface area contributed by atoms with E-state index in [9.17, 15) is 9.59 Å². The number of nitrogens with zero attached hydrogens (tertiary/aromatic N) is 2. The van der Waals surface area contributed by atoms with Crippen molar-refractivity contribution in [2.45, 2.75) is 33.6 Å². The highest BCUT2D eigenvalue weighted by Gasteiger charge is 2.26. The number of amides is 2. The van der Waals surface area contributed by atoms with E-state index in [-0.39, 0.29) is 17.7 Å². The number of rotatable bonds is 5. The third-order valence-electron chi connectivity index (χ3n) is 5.00. The zero-order valence-corrected chi connectivity index (χ0v) is 16.8. The molecule has 0 saturated carbocycles. The number of nitrogens with one attached hydrogen (secondary N) is 2. The van der Waals surface area contributed by atoms with Crippen LogP contribution in [0.1, 0.15) is 29.5 Å². The summed E-state index contributed by atoms with van der Waals surface area (Å²) in [5, 5.41) is 5.88. The number of likely N-dealkylation sites (tertiary alicyclic amines) is 1. The first-order valence-electron chi connectivity index (χ1n) is 9.73. The lowest BCUT2D eigenvalue weighted by Gasteiger charge is -2.30. The number of carbonyl (C=O) groups excluding carboxylic acids is 2. The van der Waals surface area contributed by atoms with Crippen molar-refractivity contribution in [1.82, 2.24) is 9.88 Å². The standard InChI is InChI=1S/C22H28N4O2/c1-15-4-7-23-20(13-15)25-22(28)18-5-8-26(9-6-18)14-21(27)24-19-11-16(2)10-17(3)12-19/h4,7,10-13,18H,5-6,8-9,14H2,1-3H3,(H,24,27)(H,23,25,28). The number of benzene rings is 1. The van der Waals surface area contributed by atoms with Crippen LogP contribution in [0.4, 0.5) is 11.5 Å². The van der Waals surface area contributed by atoms with Crippen LogP contribution in [0, 0.1) is 26.7 Å². The van der Waals surface area contributed by atoms with Gasteiger partial charge in [0.05, 0.1) is 6.54 Å². The van der Waals surface area contributed by atoms with E-state index < -0.39 is 0 Å². The highest BCUT2D eigenvalue weighted by Crippen LogP contribution is 2.20. The maximum absolute atomic E-state index is 12.5. The first-order chi connectivity index (χ1) is 13.4. The number of hydrogen-bond acceptors (Lipinski definition) is 4. The van der Waals surface area contributed by atoms with Crippen LogP contribution in [-0.4, -0.2) is 41.3 Å². The Hall–Kier alpha value is -2.73. The topological polar surface area (TPSA) is 74.3 Å². The summed E-state index contributed by atoms with van der Waals surface area (Å²) in [5.74, 6) is 0.551. The van der Waals surface area contributed by atoms with E-state index >= 15 is 0 Å². The van der Waals surface area contributed by atoms with Gasteiger partial charge in [-0.2, -0.15) is 0 Å². The molecule has 6 nitrogen and oxygen atoms in total. The summed E-state index contributed by atoms with van der Waals surface area (Å²) in [6.45, 7) is 7.83. The van der Waals surface area contributed by atoms with Crippen LogP contribution in [0.5, 0.6) is 0 Å². The summed E-state index contributed by atoms with van der Waals surface area (Å²) >= 11 is 0. The van der Waals surface area contributed by atoms with Gasteiger partial charge in [-0.15, -0.1) is 0 Å². The predicted molar refractivity (Wildman–Crippen MR) is 111 cm³/mol. The number of carbonyl (C=O) groups is 2. The van der Waals surface area contributed by atoms with E-state index in [1.54, 1.807) is 6.20 Å². The van der Waals surface area contributed by atoms with Crippen LogP contribution in [0.15, 0.2) is 36.5 Å². The molecule has 0 radical (unpaired) electrons. The highest BCUT2D eigenvalue weighted by atomic mass is 16.2. The molecule has 0 atom stereocenters. The quantitative estimate of drug-likeness (QED) is 0.835. The summed E-state index contributed by atoms with van der Waals surface area (Å²) < 4.78 is 0. The fourth-order valence-electron chi connectivity index (χ4n) is 3.64. The third kappa shape index (κ3) is 5.63. The Morgan fingerprint density at radius 3 is 2.32 bits per heavy atom. The molecular weight excluding hydrogens is 352 g/mol. The van der Waals surface area contributed by atoms with Crippen LogP contribution in [0.2, 0.25) is 0 Å². The molecule has 3 rings (SSSR count). The number of aromatic nitrogens is 1. The summed E-state index contributed by atoms with van der Waals surface area (Å²) in [6.07, 6.45) is 3.19. The lowest BCUT2D eigenvalue weighted by molar-refractivity contribution is -0.121. The van der Waals surface area contributed by atoms with E-state index in [1.165, 1.54) is 0 Å². The van der Waals surface area contributed by atoms with Gasteiger partial charge in [0.15, 0.2) is 0 Å². The van der Waals surface area contributed by atoms with Crippen molar-refractivity contribution >= 4 is 23.3 Å². The van der Waals surface area contributed by atoms with Gasteiger partial charge >= 0.3 is 0 Å². The van der Waals surface area contributed by atoms with Crippen molar-refractivity contribution in [2.75, 3.05) is 30.3 Å². The second-order valence-electron chi connectivity index (χ2n) is 7.68. The Kier molecular flexibility index (Phi) is 6.41. The molecular formula is C22H28N4O2. The van der Waals surface area contributed by atoms with Crippen molar-refractivity contribution in [3.8, 4) is 0 Å². The second kappa shape index (κ2) is 8.97. The average Bonchev–Trinajstić information content (AvgIpc) is 2.61. The Morgan fingerprint density at radius 2 is 1.68 bits per heavy atom. The van der Waals surface area contributed by atoms with Crippen molar-refractivity contribution in [3.05, 3.63) is 53.2 Å². The maximum Gasteiger partial charge on any atom is 0.238 e. The first kappa shape index (κ1) is 20.0. The molecule has 0 spiro atoms. The number of hydrogen-bond donors (Lipinski definition) is 2. The highest BCUT2D eigenvalue weighted by molar-refractivity contribution is 5.93. The van der Waals surface area contributed by atoms with Crippen LogP contribution >= 0.6 is 0 Å². The molecule has 28 heavy (non-hydrogen) atoms. The van der Waals surface area contributed by atoms with E-state index in [0.717, 1.165) is 48.3 Å². The summed E-state index contributed by atoms with van der Waals surface area (Å²) in [4.78, 5) is 31.1. The molecule has 1 aliphatic rings. The summed E-state index contributed by atoms with van der Waals surface area (Å²) in [7, 11) is 0. The molecule has 1 aromatic carbocycles. The van der Waals surface area contributed by atoms with Gasteiger partial charge in [0.1, 0.15) is 5.82 Å². The van der Waals surface area contributed by atoms with Crippen molar-refractivity contribution < 1.29 is 9.59 Å². The molecule has 2 N–H and O–H groups in total. The Bertz CT molecular complexity index is 837. The third-order valence-corrected chi connectivity index (χ3v) is 5.00. The normalized spacial score (nSPS) is 15.2. The van der Waals surface area contributed by atoms with Crippen LogP contribution in [0.25, 0.3) is 0 Å². The lowest BCUT2D eigenvalue weighted by atomic mass is 9.96. The van der Waals surface area contributed by atoms with E-state index in [1.807, 2.05) is 45.0 Å².